The Balaban J connectivity index is 1.54. The first-order valence-corrected chi connectivity index (χ1v) is 8.19. The molecular weight excluding hydrogens is 290 g/mol. The third-order valence-corrected chi connectivity index (χ3v) is 4.36. The van der Waals surface area contributed by atoms with Gasteiger partial charge < -0.3 is 10.6 Å². The molecule has 1 heterocycles. The number of hydrogen-bond donors (Lipinski definition) is 2. The smallest absolute Gasteiger partial charge is 0.315 e. The van der Waals surface area contributed by atoms with Crippen molar-refractivity contribution in [2.75, 3.05) is 6.54 Å². The Hall–Kier alpha value is -2.37. The zero-order chi connectivity index (χ0) is 16.1. The Labute approximate surface area is 136 Å². The fourth-order valence-electron chi connectivity index (χ4n) is 3.11. The Bertz CT molecular complexity index is 667. The lowest BCUT2D eigenvalue weighted by atomic mass is 9.99. The summed E-state index contributed by atoms with van der Waals surface area (Å²) >= 11 is 0. The molecule has 1 aliphatic carbocycles. The van der Waals surface area contributed by atoms with E-state index in [-0.39, 0.29) is 12.1 Å². The van der Waals surface area contributed by atoms with Gasteiger partial charge in [0.2, 0.25) is 0 Å². The fraction of sp³-hybridized carbons (Fsp3) is 0.471. The van der Waals surface area contributed by atoms with Crippen molar-refractivity contribution in [1.29, 1.82) is 0 Å². The van der Waals surface area contributed by atoms with Crippen LogP contribution in [0, 0.1) is 0 Å². The van der Waals surface area contributed by atoms with Crippen molar-refractivity contribution >= 4 is 6.03 Å². The SMILES string of the molecule is Cn1ncnc1CCNC(=O)N[C@H]1CCCCc2ccccc21. The molecule has 1 aromatic carbocycles. The molecular formula is C17H23N5O. The zero-order valence-corrected chi connectivity index (χ0v) is 13.5. The van der Waals surface area contributed by atoms with E-state index in [1.165, 1.54) is 23.9 Å². The van der Waals surface area contributed by atoms with Gasteiger partial charge in [0.1, 0.15) is 12.2 Å². The minimum absolute atomic E-state index is 0.100. The van der Waals surface area contributed by atoms with E-state index < -0.39 is 0 Å². The van der Waals surface area contributed by atoms with E-state index in [0.717, 1.165) is 25.1 Å². The highest BCUT2D eigenvalue weighted by molar-refractivity contribution is 5.74. The van der Waals surface area contributed by atoms with Gasteiger partial charge in [0.05, 0.1) is 6.04 Å². The second-order valence-corrected chi connectivity index (χ2v) is 5.95. The van der Waals surface area contributed by atoms with Gasteiger partial charge in [-0.05, 0) is 30.4 Å². The van der Waals surface area contributed by atoms with Crippen molar-refractivity contribution in [3.05, 3.63) is 47.5 Å². The van der Waals surface area contributed by atoms with Crippen molar-refractivity contribution in [2.45, 2.75) is 38.1 Å². The summed E-state index contributed by atoms with van der Waals surface area (Å²) in [6.45, 7) is 0.548. The predicted octanol–water partition coefficient (Wildman–Crippen LogP) is 2.12. The van der Waals surface area contributed by atoms with Crippen molar-refractivity contribution in [1.82, 2.24) is 25.4 Å². The number of aromatic nitrogens is 3. The van der Waals surface area contributed by atoms with Crippen molar-refractivity contribution in [2.24, 2.45) is 7.05 Å². The molecule has 6 nitrogen and oxygen atoms in total. The summed E-state index contributed by atoms with van der Waals surface area (Å²) in [7, 11) is 1.85. The average Bonchev–Trinajstić information content (AvgIpc) is 2.85. The Morgan fingerprint density at radius 2 is 2.22 bits per heavy atom. The standard InChI is InChI=1S/C17H23N5O/c1-22-16(19-12-20-22)10-11-18-17(23)21-15-9-5-3-7-13-6-2-4-8-14(13)15/h2,4,6,8,12,15H,3,5,7,9-11H2,1H3,(H2,18,21,23)/t15-/m0/s1. The van der Waals surface area contributed by atoms with Crippen LogP contribution < -0.4 is 10.6 Å². The quantitative estimate of drug-likeness (QED) is 0.849. The lowest BCUT2D eigenvalue weighted by Crippen LogP contribution is -2.39. The summed E-state index contributed by atoms with van der Waals surface area (Å²) in [5.74, 6) is 0.866. The summed E-state index contributed by atoms with van der Waals surface area (Å²) in [4.78, 5) is 16.3. The molecule has 0 unspecified atom stereocenters. The van der Waals surface area contributed by atoms with E-state index in [9.17, 15) is 4.79 Å². The molecule has 6 heteroatoms. The third-order valence-electron chi connectivity index (χ3n) is 4.36. The van der Waals surface area contributed by atoms with E-state index in [1.54, 1.807) is 4.68 Å². The fourth-order valence-corrected chi connectivity index (χ4v) is 3.11. The molecule has 122 valence electrons. The number of nitrogens with one attached hydrogen (secondary N) is 2. The van der Waals surface area contributed by atoms with Gasteiger partial charge in [-0.2, -0.15) is 5.10 Å². The molecule has 1 aromatic heterocycles. The van der Waals surface area contributed by atoms with E-state index in [2.05, 4.69) is 38.9 Å². The minimum Gasteiger partial charge on any atom is -0.338 e. The van der Waals surface area contributed by atoms with E-state index in [4.69, 9.17) is 0 Å². The topological polar surface area (TPSA) is 71.8 Å². The van der Waals surface area contributed by atoms with E-state index in [1.807, 2.05) is 13.1 Å². The molecule has 0 saturated carbocycles. The first-order valence-electron chi connectivity index (χ1n) is 8.19. The number of carbonyl (C=O) groups excluding carboxylic acids is 1. The molecule has 0 fully saturated rings. The summed E-state index contributed by atoms with van der Waals surface area (Å²) < 4.78 is 1.72. The van der Waals surface area contributed by atoms with Crippen LogP contribution in [0.2, 0.25) is 0 Å². The van der Waals surface area contributed by atoms with Crippen LogP contribution in [0.5, 0.6) is 0 Å². The highest BCUT2D eigenvalue weighted by atomic mass is 16.2. The molecule has 2 amide bonds. The largest absolute Gasteiger partial charge is 0.338 e. The maximum atomic E-state index is 12.2. The van der Waals surface area contributed by atoms with Crippen LogP contribution in [0.4, 0.5) is 4.79 Å². The van der Waals surface area contributed by atoms with Crippen LogP contribution in [0.3, 0.4) is 0 Å². The van der Waals surface area contributed by atoms with Crippen molar-refractivity contribution in [3.8, 4) is 0 Å². The minimum atomic E-state index is -0.117. The number of hydrogen-bond acceptors (Lipinski definition) is 3. The number of amides is 2. The highest BCUT2D eigenvalue weighted by Crippen LogP contribution is 2.28. The first kappa shape index (κ1) is 15.5. The van der Waals surface area contributed by atoms with Gasteiger partial charge >= 0.3 is 6.03 Å². The lowest BCUT2D eigenvalue weighted by Gasteiger charge is -2.19. The Morgan fingerprint density at radius 3 is 3.04 bits per heavy atom. The molecule has 23 heavy (non-hydrogen) atoms. The van der Waals surface area contributed by atoms with Gasteiger partial charge in [0.15, 0.2) is 0 Å². The molecule has 0 saturated heterocycles. The van der Waals surface area contributed by atoms with Crippen LogP contribution in [0.1, 0.15) is 42.3 Å². The maximum Gasteiger partial charge on any atom is 0.315 e. The monoisotopic (exact) mass is 313 g/mol. The number of rotatable bonds is 4. The Kier molecular flexibility index (Phi) is 4.90. The van der Waals surface area contributed by atoms with Gasteiger partial charge in [0, 0.05) is 20.0 Å². The van der Waals surface area contributed by atoms with E-state index in [0.29, 0.717) is 13.0 Å². The summed E-state index contributed by atoms with van der Waals surface area (Å²) in [5, 5.41) is 10.1. The number of aryl methyl sites for hydroxylation is 2. The van der Waals surface area contributed by atoms with E-state index >= 15 is 0 Å². The van der Waals surface area contributed by atoms with Crippen LogP contribution in [0.25, 0.3) is 0 Å². The molecule has 1 atom stereocenters. The number of carbonyl (C=O) groups is 1. The van der Waals surface area contributed by atoms with Gasteiger partial charge in [-0.15, -0.1) is 0 Å². The van der Waals surface area contributed by atoms with Gasteiger partial charge in [-0.25, -0.2) is 9.78 Å². The molecule has 0 aliphatic heterocycles. The van der Waals surface area contributed by atoms with Crippen LogP contribution >= 0.6 is 0 Å². The number of urea groups is 1. The molecule has 2 N–H and O–H groups in total. The second-order valence-electron chi connectivity index (χ2n) is 5.95. The molecule has 2 aromatic rings. The van der Waals surface area contributed by atoms with Crippen LogP contribution in [-0.4, -0.2) is 27.3 Å². The van der Waals surface area contributed by atoms with Crippen LogP contribution in [-0.2, 0) is 19.9 Å². The highest BCUT2D eigenvalue weighted by Gasteiger charge is 2.19. The predicted molar refractivity (Wildman–Crippen MR) is 88.0 cm³/mol. The van der Waals surface area contributed by atoms with Crippen LogP contribution in [0.15, 0.2) is 30.6 Å². The van der Waals surface area contributed by atoms with Crippen molar-refractivity contribution in [3.63, 3.8) is 0 Å². The van der Waals surface area contributed by atoms with Gasteiger partial charge in [0.25, 0.3) is 0 Å². The normalized spacial score (nSPS) is 17.2. The summed E-state index contributed by atoms with van der Waals surface area (Å²) in [5.41, 5.74) is 2.61. The zero-order valence-electron chi connectivity index (χ0n) is 13.5. The lowest BCUT2D eigenvalue weighted by molar-refractivity contribution is 0.236. The molecule has 0 radical (unpaired) electrons. The third kappa shape index (κ3) is 3.88. The average molecular weight is 313 g/mol. The second kappa shape index (κ2) is 7.26. The Morgan fingerprint density at radius 1 is 1.35 bits per heavy atom. The van der Waals surface area contributed by atoms with Crippen molar-refractivity contribution < 1.29 is 4.79 Å². The first-order chi connectivity index (χ1) is 11.2. The summed E-state index contributed by atoms with van der Waals surface area (Å²) in [6.07, 6.45) is 6.61. The number of nitrogens with zero attached hydrogens (tertiary/aromatic N) is 3. The molecule has 3 rings (SSSR count). The molecule has 0 bridgehead atoms. The maximum absolute atomic E-state index is 12.2. The van der Waals surface area contributed by atoms with Gasteiger partial charge in [-0.1, -0.05) is 30.7 Å². The molecule has 1 aliphatic rings. The number of benzene rings is 1. The molecule has 0 spiro atoms. The van der Waals surface area contributed by atoms with Gasteiger partial charge in [-0.3, -0.25) is 4.68 Å². The summed E-state index contributed by atoms with van der Waals surface area (Å²) in [6, 6.07) is 8.40. The number of fused-ring (bicyclic) bond motifs is 1.